The van der Waals surface area contributed by atoms with Crippen molar-refractivity contribution in [2.75, 3.05) is 12.3 Å². The van der Waals surface area contributed by atoms with Crippen LogP contribution in [0, 0.1) is 5.82 Å². The fourth-order valence-corrected chi connectivity index (χ4v) is 2.11. The van der Waals surface area contributed by atoms with Crippen molar-refractivity contribution < 1.29 is 8.78 Å². The summed E-state index contributed by atoms with van der Waals surface area (Å²) in [4.78, 5) is 0.714. The Morgan fingerprint density at radius 2 is 2.27 bits per heavy atom. The highest BCUT2D eigenvalue weighted by Crippen LogP contribution is 2.28. The first kappa shape index (κ1) is 12.5. The highest BCUT2D eigenvalue weighted by Gasteiger charge is 2.04. The van der Waals surface area contributed by atoms with Crippen LogP contribution in [0.2, 0.25) is 5.02 Å². The molecule has 0 aliphatic rings. The summed E-state index contributed by atoms with van der Waals surface area (Å²) in [6.45, 7) is 0.169. The summed E-state index contributed by atoms with van der Waals surface area (Å²) >= 11 is 7.12. The lowest BCUT2D eigenvalue weighted by Gasteiger charge is -2.04. The van der Waals surface area contributed by atoms with Gasteiger partial charge in [0.25, 0.3) is 0 Å². The van der Waals surface area contributed by atoms with Crippen LogP contribution in [0.5, 0.6) is 0 Å². The van der Waals surface area contributed by atoms with Crippen molar-refractivity contribution in [3.05, 3.63) is 40.9 Å². The third-order valence-corrected chi connectivity index (χ3v) is 3.33. The van der Waals surface area contributed by atoms with Crippen LogP contribution >= 0.6 is 23.4 Å². The molecule has 82 valence electrons. The minimum absolute atomic E-state index is 0.169. The molecule has 0 unspecified atom stereocenters. The molecule has 0 amide bonds. The van der Waals surface area contributed by atoms with Gasteiger partial charge < -0.3 is 5.73 Å². The Labute approximate surface area is 96.3 Å². The normalized spacial score (nSPS) is 11.9. The lowest BCUT2D eigenvalue weighted by atomic mass is 10.3. The van der Waals surface area contributed by atoms with Crippen LogP contribution in [0.1, 0.15) is 0 Å². The van der Waals surface area contributed by atoms with E-state index in [2.05, 4.69) is 0 Å². The van der Waals surface area contributed by atoms with Gasteiger partial charge in [0.2, 0.25) is 0 Å². The average Bonchev–Trinajstić information content (AvgIpc) is 2.22. The number of thioether (sulfide) groups is 1. The zero-order valence-electron chi connectivity index (χ0n) is 7.84. The summed E-state index contributed by atoms with van der Waals surface area (Å²) in [7, 11) is 0. The first-order chi connectivity index (χ1) is 7.17. The van der Waals surface area contributed by atoms with E-state index in [0.29, 0.717) is 27.6 Å². The molecule has 0 aliphatic carbocycles. The topological polar surface area (TPSA) is 26.0 Å². The molecular weight excluding hydrogens is 240 g/mol. The summed E-state index contributed by atoms with van der Waals surface area (Å²) in [5, 5.41) is 0.329. The molecule has 0 spiro atoms. The molecule has 5 heteroatoms. The molecular formula is C10H10ClF2NS. The minimum Gasteiger partial charge on any atom is -0.327 e. The fraction of sp³-hybridized carbons (Fsp3) is 0.200. The number of rotatable bonds is 4. The van der Waals surface area contributed by atoms with E-state index in [4.69, 9.17) is 17.3 Å². The van der Waals surface area contributed by atoms with E-state index in [1.165, 1.54) is 23.9 Å². The maximum atomic E-state index is 12.7. The van der Waals surface area contributed by atoms with E-state index in [9.17, 15) is 8.78 Å². The van der Waals surface area contributed by atoms with Gasteiger partial charge in [0.15, 0.2) is 0 Å². The second kappa shape index (κ2) is 6.10. The molecule has 2 N–H and O–H groups in total. The summed E-state index contributed by atoms with van der Waals surface area (Å²) in [5.41, 5.74) is 5.78. The van der Waals surface area contributed by atoms with Gasteiger partial charge in [0, 0.05) is 17.2 Å². The van der Waals surface area contributed by atoms with E-state index >= 15 is 0 Å². The number of nitrogens with two attached hydrogens (primary N) is 1. The van der Waals surface area contributed by atoms with Gasteiger partial charge in [-0.05, 0) is 23.8 Å². The van der Waals surface area contributed by atoms with E-state index in [-0.39, 0.29) is 12.4 Å². The Bertz CT molecular complexity index is 368. The third kappa shape index (κ3) is 3.81. The van der Waals surface area contributed by atoms with E-state index in [1.807, 2.05) is 0 Å². The van der Waals surface area contributed by atoms with Crippen molar-refractivity contribution >= 4 is 23.4 Å². The molecule has 15 heavy (non-hydrogen) atoms. The third-order valence-electron chi connectivity index (χ3n) is 1.72. The number of halogens is 3. The molecule has 0 bridgehead atoms. The van der Waals surface area contributed by atoms with Crippen LogP contribution in [0.15, 0.2) is 35.0 Å². The SMILES string of the molecule is NCC(=CF)CSc1ccc(F)cc1Cl. The molecule has 0 radical (unpaired) electrons. The van der Waals surface area contributed by atoms with Crippen LogP contribution in [0.3, 0.4) is 0 Å². The van der Waals surface area contributed by atoms with Crippen LogP contribution in [-0.2, 0) is 0 Å². The molecule has 0 atom stereocenters. The Kier molecular flexibility index (Phi) is 5.08. The van der Waals surface area contributed by atoms with Crippen LogP contribution < -0.4 is 5.73 Å². The molecule has 1 aromatic rings. The molecule has 1 aromatic carbocycles. The van der Waals surface area contributed by atoms with Crippen molar-refractivity contribution in [3.8, 4) is 0 Å². The van der Waals surface area contributed by atoms with E-state index in [1.54, 1.807) is 6.07 Å². The average molecular weight is 250 g/mol. The molecule has 0 saturated carbocycles. The predicted molar refractivity (Wildman–Crippen MR) is 60.4 cm³/mol. The molecule has 0 aromatic heterocycles. The zero-order chi connectivity index (χ0) is 11.3. The van der Waals surface area contributed by atoms with E-state index in [0.717, 1.165) is 0 Å². The van der Waals surface area contributed by atoms with Gasteiger partial charge in [-0.1, -0.05) is 11.6 Å². The predicted octanol–water partition coefficient (Wildman–Crippen LogP) is 3.38. The number of benzene rings is 1. The van der Waals surface area contributed by atoms with Gasteiger partial charge in [0.1, 0.15) is 5.82 Å². The van der Waals surface area contributed by atoms with Crippen molar-refractivity contribution in [1.82, 2.24) is 0 Å². The first-order valence-corrected chi connectivity index (χ1v) is 5.59. The molecule has 0 saturated heterocycles. The van der Waals surface area contributed by atoms with E-state index < -0.39 is 0 Å². The maximum Gasteiger partial charge on any atom is 0.124 e. The molecule has 0 heterocycles. The molecule has 1 nitrogen and oxygen atoms in total. The van der Waals surface area contributed by atoms with Gasteiger partial charge in [0.05, 0.1) is 11.4 Å². The first-order valence-electron chi connectivity index (χ1n) is 4.23. The fourth-order valence-electron chi connectivity index (χ4n) is 0.898. The quantitative estimate of drug-likeness (QED) is 0.828. The Hall–Kier alpha value is -0.580. The summed E-state index contributed by atoms with van der Waals surface area (Å²) in [6.07, 6.45) is 0.491. The lowest BCUT2D eigenvalue weighted by Crippen LogP contribution is -2.04. The monoisotopic (exact) mass is 249 g/mol. The van der Waals surface area contributed by atoms with Crippen LogP contribution in [0.25, 0.3) is 0 Å². The largest absolute Gasteiger partial charge is 0.327 e. The van der Waals surface area contributed by atoms with Crippen molar-refractivity contribution in [3.63, 3.8) is 0 Å². The van der Waals surface area contributed by atoms with Gasteiger partial charge >= 0.3 is 0 Å². The Balaban J connectivity index is 2.65. The van der Waals surface area contributed by atoms with Crippen LogP contribution in [0.4, 0.5) is 8.78 Å². The standard InChI is InChI=1S/C10H10ClF2NS/c11-9-3-8(13)1-2-10(9)15-6-7(4-12)5-14/h1-4H,5-6,14H2. The Morgan fingerprint density at radius 1 is 1.53 bits per heavy atom. The van der Waals surface area contributed by atoms with Crippen LogP contribution in [-0.4, -0.2) is 12.3 Å². The minimum atomic E-state index is -0.385. The summed E-state index contributed by atoms with van der Waals surface area (Å²) in [5.74, 6) is 0.0302. The van der Waals surface area contributed by atoms with Gasteiger partial charge in [-0.3, -0.25) is 0 Å². The molecule has 1 rings (SSSR count). The summed E-state index contributed by atoms with van der Waals surface area (Å²) < 4.78 is 24.9. The highest BCUT2D eigenvalue weighted by atomic mass is 35.5. The van der Waals surface area contributed by atoms with Crippen molar-refractivity contribution in [1.29, 1.82) is 0 Å². The number of hydrogen-bond donors (Lipinski definition) is 1. The van der Waals surface area contributed by atoms with Gasteiger partial charge in [-0.15, -0.1) is 11.8 Å². The number of hydrogen-bond acceptors (Lipinski definition) is 2. The zero-order valence-corrected chi connectivity index (χ0v) is 9.42. The highest BCUT2D eigenvalue weighted by molar-refractivity contribution is 7.99. The Morgan fingerprint density at radius 3 is 2.80 bits per heavy atom. The second-order valence-corrected chi connectivity index (χ2v) is 4.26. The molecule has 0 fully saturated rings. The smallest absolute Gasteiger partial charge is 0.124 e. The second-order valence-electron chi connectivity index (χ2n) is 2.83. The summed E-state index contributed by atoms with van der Waals surface area (Å²) in [6, 6.07) is 4.11. The molecule has 0 aliphatic heterocycles. The van der Waals surface area contributed by atoms with Crippen molar-refractivity contribution in [2.24, 2.45) is 5.73 Å². The maximum absolute atomic E-state index is 12.7. The van der Waals surface area contributed by atoms with Crippen molar-refractivity contribution in [2.45, 2.75) is 4.90 Å². The van der Waals surface area contributed by atoms with Gasteiger partial charge in [-0.25, -0.2) is 8.78 Å². The van der Waals surface area contributed by atoms with Gasteiger partial charge in [-0.2, -0.15) is 0 Å². The lowest BCUT2D eigenvalue weighted by molar-refractivity contribution is 0.626.